The Morgan fingerprint density at radius 2 is 2.16 bits per heavy atom. The second kappa shape index (κ2) is 9.20. The van der Waals surface area contributed by atoms with Crippen LogP contribution in [0, 0.1) is 17.2 Å². The molecule has 10 heteroatoms. The van der Waals surface area contributed by atoms with Crippen molar-refractivity contribution in [2.24, 2.45) is 5.92 Å². The molecule has 2 aromatic heterocycles. The van der Waals surface area contributed by atoms with Crippen LogP contribution in [0.15, 0.2) is 35.8 Å². The van der Waals surface area contributed by atoms with E-state index in [1.165, 1.54) is 17.5 Å². The maximum atomic E-state index is 12.9. The number of H-pyrrole nitrogens is 1. The number of thiazole rings is 1. The van der Waals surface area contributed by atoms with E-state index in [-0.39, 0.29) is 29.7 Å². The van der Waals surface area contributed by atoms with Gasteiger partial charge in [-0.15, -0.1) is 11.3 Å². The van der Waals surface area contributed by atoms with Crippen LogP contribution in [0.2, 0.25) is 0 Å². The van der Waals surface area contributed by atoms with Gasteiger partial charge >= 0.3 is 0 Å². The fourth-order valence-electron chi connectivity index (χ4n) is 3.91. The fraction of sp³-hybridized carbons (Fsp3) is 0.318. The first kappa shape index (κ1) is 21.5. The van der Waals surface area contributed by atoms with Crippen LogP contribution in [0.25, 0.3) is 11.3 Å². The molecule has 0 radical (unpaired) electrons. The van der Waals surface area contributed by atoms with Crippen LogP contribution in [-0.4, -0.2) is 44.3 Å². The SMILES string of the molecule is C[C@H]1[C@@H](C(=O)NCc2nc(-c3ccc(C#N)cc3)cs2)CCCN1C(=O)c1cnc(N)[nH]1. The lowest BCUT2D eigenvalue weighted by molar-refractivity contribution is -0.128. The summed E-state index contributed by atoms with van der Waals surface area (Å²) in [5.41, 5.74) is 8.24. The van der Waals surface area contributed by atoms with E-state index in [9.17, 15) is 9.59 Å². The number of nitrogens with zero attached hydrogens (tertiary/aromatic N) is 4. The van der Waals surface area contributed by atoms with Crippen LogP contribution in [0.3, 0.4) is 0 Å². The Bertz CT molecular complexity index is 1160. The van der Waals surface area contributed by atoms with Gasteiger partial charge in [-0.1, -0.05) is 12.1 Å². The van der Waals surface area contributed by atoms with Gasteiger partial charge in [-0.3, -0.25) is 9.59 Å². The first-order chi connectivity index (χ1) is 15.5. The minimum Gasteiger partial charge on any atom is -0.369 e. The number of amides is 2. The summed E-state index contributed by atoms with van der Waals surface area (Å²) in [6.07, 6.45) is 2.89. The number of nitrogens with one attached hydrogen (secondary N) is 2. The molecule has 2 atom stereocenters. The van der Waals surface area contributed by atoms with Crippen molar-refractivity contribution in [2.75, 3.05) is 12.3 Å². The third-order valence-corrected chi connectivity index (χ3v) is 6.54. The van der Waals surface area contributed by atoms with E-state index < -0.39 is 0 Å². The largest absolute Gasteiger partial charge is 0.369 e. The second-order valence-corrected chi connectivity index (χ2v) is 8.65. The number of hydrogen-bond acceptors (Lipinski definition) is 7. The highest BCUT2D eigenvalue weighted by Crippen LogP contribution is 2.26. The molecule has 1 aromatic carbocycles. The van der Waals surface area contributed by atoms with Crippen LogP contribution in [0.5, 0.6) is 0 Å². The molecule has 4 N–H and O–H groups in total. The van der Waals surface area contributed by atoms with E-state index in [1.54, 1.807) is 17.0 Å². The lowest BCUT2D eigenvalue weighted by atomic mass is 9.89. The quantitative estimate of drug-likeness (QED) is 0.547. The van der Waals surface area contributed by atoms with Crippen molar-refractivity contribution in [2.45, 2.75) is 32.4 Å². The number of nitrogen functional groups attached to an aromatic ring is 1. The third-order valence-electron chi connectivity index (χ3n) is 5.69. The summed E-state index contributed by atoms with van der Waals surface area (Å²) >= 11 is 1.47. The van der Waals surface area contributed by atoms with E-state index in [1.807, 2.05) is 24.4 Å². The summed E-state index contributed by atoms with van der Waals surface area (Å²) in [7, 11) is 0. The van der Waals surface area contributed by atoms with Crippen LogP contribution >= 0.6 is 11.3 Å². The minimum absolute atomic E-state index is 0.0887. The Balaban J connectivity index is 1.37. The molecule has 164 valence electrons. The number of anilines is 1. The molecule has 2 amide bonds. The molecule has 9 nitrogen and oxygen atoms in total. The molecule has 4 rings (SSSR count). The molecule has 0 bridgehead atoms. The zero-order valence-electron chi connectivity index (χ0n) is 17.5. The maximum Gasteiger partial charge on any atom is 0.272 e. The number of aromatic nitrogens is 3. The molecule has 0 spiro atoms. The Hall–Kier alpha value is -3.71. The van der Waals surface area contributed by atoms with Crippen molar-refractivity contribution in [1.82, 2.24) is 25.2 Å². The summed E-state index contributed by atoms with van der Waals surface area (Å²) in [4.78, 5) is 38.6. The molecule has 1 aliphatic heterocycles. The van der Waals surface area contributed by atoms with Crippen LogP contribution < -0.4 is 11.1 Å². The normalized spacial score (nSPS) is 18.2. The second-order valence-electron chi connectivity index (χ2n) is 7.70. The van der Waals surface area contributed by atoms with Crippen molar-refractivity contribution in [3.05, 3.63) is 52.1 Å². The Kier molecular flexibility index (Phi) is 6.18. The number of rotatable bonds is 5. The van der Waals surface area contributed by atoms with Gasteiger partial charge in [0.15, 0.2) is 5.95 Å². The van der Waals surface area contributed by atoms with Crippen molar-refractivity contribution in [3.63, 3.8) is 0 Å². The Morgan fingerprint density at radius 3 is 2.84 bits per heavy atom. The Morgan fingerprint density at radius 1 is 1.38 bits per heavy atom. The van der Waals surface area contributed by atoms with Crippen LogP contribution in [-0.2, 0) is 11.3 Å². The summed E-state index contributed by atoms with van der Waals surface area (Å²) in [6.45, 7) is 2.81. The van der Waals surface area contributed by atoms with Gasteiger partial charge in [-0.05, 0) is 31.9 Å². The average Bonchev–Trinajstić information content (AvgIpc) is 3.46. The number of carbonyl (C=O) groups excluding carboxylic acids is 2. The lowest BCUT2D eigenvalue weighted by Crippen LogP contribution is -2.51. The van der Waals surface area contributed by atoms with Crippen LogP contribution in [0.4, 0.5) is 5.95 Å². The van der Waals surface area contributed by atoms with Gasteiger partial charge in [-0.25, -0.2) is 9.97 Å². The highest BCUT2D eigenvalue weighted by molar-refractivity contribution is 7.09. The molecule has 0 unspecified atom stereocenters. The summed E-state index contributed by atoms with van der Waals surface area (Å²) in [6, 6.07) is 9.08. The first-order valence-electron chi connectivity index (χ1n) is 10.3. The number of piperidine rings is 1. The highest BCUT2D eigenvalue weighted by Gasteiger charge is 2.36. The predicted molar refractivity (Wildman–Crippen MR) is 120 cm³/mol. The van der Waals surface area contributed by atoms with Gasteiger partial charge in [0.05, 0.1) is 36.0 Å². The number of hydrogen-bond donors (Lipinski definition) is 3. The molecular formula is C22H23N7O2S. The van der Waals surface area contributed by atoms with E-state index in [0.29, 0.717) is 24.3 Å². The number of imidazole rings is 1. The monoisotopic (exact) mass is 449 g/mol. The van der Waals surface area contributed by atoms with Gasteiger partial charge in [0.1, 0.15) is 10.7 Å². The van der Waals surface area contributed by atoms with Gasteiger partial charge < -0.3 is 20.9 Å². The number of benzene rings is 1. The first-order valence-corrected chi connectivity index (χ1v) is 11.2. The third kappa shape index (κ3) is 4.48. The summed E-state index contributed by atoms with van der Waals surface area (Å²) < 4.78 is 0. The van der Waals surface area contributed by atoms with Gasteiger partial charge in [0.25, 0.3) is 5.91 Å². The van der Waals surface area contributed by atoms with Gasteiger partial charge in [0, 0.05) is 23.5 Å². The molecule has 32 heavy (non-hydrogen) atoms. The summed E-state index contributed by atoms with van der Waals surface area (Å²) in [5.74, 6) is -0.400. The molecular weight excluding hydrogens is 426 g/mol. The van der Waals surface area contributed by atoms with Gasteiger partial charge in [-0.2, -0.15) is 5.26 Å². The zero-order valence-corrected chi connectivity index (χ0v) is 18.4. The minimum atomic E-state index is -0.300. The van der Waals surface area contributed by atoms with Crippen molar-refractivity contribution >= 4 is 29.1 Å². The van der Waals surface area contributed by atoms with E-state index >= 15 is 0 Å². The van der Waals surface area contributed by atoms with Crippen molar-refractivity contribution in [1.29, 1.82) is 5.26 Å². The lowest BCUT2D eigenvalue weighted by Gasteiger charge is -2.38. The number of likely N-dealkylation sites (tertiary alicyclic amines) is 1. The fourth-order valence-corrected chi connectivity index (χ4v) is 4.66. The van der Waals surface area contributed by atoms with E-state index in [0.717, 1.165) is 29.1 Å². The van der Waals surface area contributed by atoms with E-state index in [4.69, 9.17) is 11.0 Å². The zero-order chi connectivity index (χ0) is 22.7. The van der Waals surface area contributed by atoms with Crippen molar-refractivity contribution < 1.29 is 9.59 Å². The molecule has 0 saturated carbocycles. The number of aromatic amines is 1. The topological polar surface area (TPSA) is 141 Å². The molecule has 1 saturated heterocycles. The molecule has 0 aliphatic carbocycles. The predicted octanol–water partition coefficient (Wildman–Crippen LogP) is 2.54. The maximum absolute atomic E-state index is 12.9. The van der Waals surface area contributed by atoms with Gasteiger partial charge in [0.2, 0.25) is 5.91 Å². The molecule has 1 fully saturated rings. The Labute approximate surface area is 189 Å². The standard InChI is InChI=1S/C22H23N7O2S/c1-13-16(3-2-8-29(13)21(31)17-10-26-22(24)28-17)20(30)25-11-19-27-18(12-32-19)15-6-4-14(9-23)5-7-15/h4-7,10,12-13,16H,2-3,8,11H2,1H3,(H,25,30)(H3,24,26,28)/t13-,16-/m0/s1. The molecule has 1 aliphatic rings. The van der Waals surface area contributed by atoms with E-state index in [2.05, 4.69) is 26.3 Å². The number of nitrogens with two attached hydrogens (primary N) is 1. The number of nitriles is 1. The molecule has 3 aromatic rings. The van der Waals surface area contributed by atoms with Crippen LogP contribution in [0.1, 0.15) is 40.8 Å². The smallest absolute Gasteiger partial charge is 0.272 e. The average molecular weight is 450 g/mol. The number of carbonyl (C=O) groups is 2. The summed E-state index contributed by atoms with van der Waals surface area (Å²) in [5, 5.41) is 14.6. The van der Waals surface area contributed by atoms with Crippen molar-refractivity contribution in [3.8, 4) is 17.3 Å². The molecule has 3 heterocycles. The highest BCUT2D eigenvalue weighted by atomic mass is 32.1.